The lowest BCUT2D eigenvalue weighted by atomic mass is 10.1. The highest BCUT2D eigenvalue weighted by Crippen LogP contribution is 2.25. The van der Waals surface area contributed by atoms with Crippen molar-refractivity contribution in [1.82, 2.24) is 14.9 Å². The number of benzene rings is 2. The normalized spacial score (nSPS) is 12.0. The highest BCUT2D eigenvalue weighted by molar-refractivity contribution is 5.41. The maximum atomic E-state index is 5.45. The third-order valence-electron chi connectivity index (χ3n) is 4.29. The van der Waals surface area contributed by atoms with Crippen LogP contribution in [-0.2, 0) is 6.54 Å². The number of nitrogens with one attached hydrogen (secondary N) is 1. The van der Waals surface area contributed by atoms with Gasteiger partial charge in [-0.2, -0.15) is 0 Å². The van der Waals surface area contributed by atoms with Gasteiger partial charge in [0.15, 0.2) is 0 Å². The molecule has 1 N–H and O–H groups in total. The molecule has 0 bridgehead atoms. The molecule has 3 rings (SSSR count). The van der Waals surface area contributed by atoms with Crippen LogP contribution in [0.25, 0.3) is 5.69 Å². The summed E-state index contributed by atoms with van der Waals surface area (Å²) in [6, 6.07) is 14.6. The first-order valence-electron chi connectivity index (χ1n) is 8.24. The van der Waals surface area contributed by atoms with Gasteiger partial charge in [0.05, 0.1) is 20.5 Å². The molecule has 0 saturated heterocycles. The third-order valence-corrected chi connectivity index (χ3v) is 4.29. The van der Waals surface area contributed by atoms with Crippen LogP contribution < -0.4 is 14.8 Å². The lowest BCUT2D eigenvalue weighted by Crippen LogP contribution is -2.18. The van der Waals surface area contributed by atoms with Crippen molar-refractivity contribution in [2.24, 2.45) is 0 Å². The van der Waals surface area contributed by atoms with Gasteiger partial charge in [-0.3, -0.25) is 0 Å². The highest BCUT2D eigenvalue weighted by Gasteiger charge is 2.09. The molecule has 5 nitrogen and oxygen atoms in total. The predicted molar refractivity (Wildman–Crippen MR) is 98.4 cm³/mol. The molecule has 0 aliphatic heterocycles. The van der Waals surface area contributed by atoms with Crippen molar-refractivity contribution in [3.63, 3.8) is 0 Å². The van der Waals surface area contributed by atoms with Gasteiger partial charge in [0.25, 0.3) is 0 Å². The van der Waals surface area contributed by atoms with Gasteiger partial charge >= 0.3 is 0 Å². The Kier molecular flexibility index (Phi) is 5.36. The lowest BCUT2D eigenvalue weighted by molar-refractivity contribution is 0.389. The molecule has 25 heavy (non-hydrogen) atoms. The Morgan fingerprint density at radius 1 is 1.08 bits per heavy atom. The van der Waals surface area contributed by atoms with E-state index in [-0.39, 0.29) is 6.04 Å². The molecule has 1 unspecified atom stereocenters. The molecule has 0 fully saturated rings. The van der Waals surface area contributed by atoms with Gasteiger partial charge in [0.1, 0.15) is 11.5 Å². The number of nitrogens with zero attached hydrogens (tertiary/aromatic N) is 2. The van der Waals surface area contributed by atoms with Crippen LogP contribution in [-0.4, -0.2) is 23.8 Å². The van der Waals surface area contributed by atoms with Crippen LogP contribution in [0.5, 0.6) is 11.5 Å². The number of hydrogen-bond donors (Lipinski definition) is 1. The monoisotopic (exact) mass is 337 g/mol. The molecule has 130 valence electrons. The summed E-state index contributed by atoms with van der Waals surface area (Å²) in [6.07, 6.45) is 5.51. The molecule has 0 saturated carbocycles. The largest absolute Gasteiger partial charge is 0.497 e. The molecule has 0 radical (unpaired) electrons. The smallest absolute Gasteiger partial charge is 0.127 e. The summed E-state index contributed by atoms with van der Waals surface area (Å²) in [5.41, 5.74) is 3.44. The Morgan fingerprint density at radius 2 is 1.88 bits per heavy atom. The molecule has 0 aliphatic carbocycles. The molecule has 0 aliphatic rings. The summed E-state index contributed by atoms with van der Waals surface area (Å²) in [5.74, 6) is 1.62. The topological polar surface area (TPSA) is 48.3 Å². The zero-order valence-electron chi connectivity index (χ0n) is 14.8. The lowest BCUT2D eigenvalue weighted by Gasteiger charge is -2.17. The van der Waals surface area contributed by atoms with E-state index in [1.165, 1.54) is 5.56 Å². The van der Waals surface area contributed by atoms with E-state index in [0.717, 1.165) is 29.3 Å². The number of imidazole rings is 1. The molecule has 0 amide bonds. The summed E-state index contributed by atoms with van der Waals surface area (Å²) in [7, 11) is 3.33. The zero-order valence-corrected chi connectivity index (χ0v) is 14.8. The third kappa shape index (κ3) is 4.00. The number of ether oxygens (including phenoxy) is 2. The first-order chi connectivity index (χ1) is 12.2. The SMILES string of the molecule is COc1ccc(CNC(C)c2ccc(-n3ccnc3)cc2)c(OC)c1. The van der Waals surface area contributed by atoms with Crippen molar-refractivity contribution >= 4 is 0 Å². The number of methoxy groups -OCH3 is 2. The number of rotatable bonds is 7. The minimum atomic E-state index is 0.226. The quantitative estimate of drug-likeness (QED) is 0.713. The van der Waals surface area contributed by atoms with Crippen LogP contribution in [0, 0.1) is 0 Å². The van der Waals surface area contributed by atoms with E-state index in [2.05, 4.69) is 41.5 Å². The summed E-state index contributed by atoms with van der Waals surface area (Å²) in [5, 5.41) is 3.54. The van der Waals surface area contributed by atoms with Crippen LogP contribution in [0.4, 0.5) is 0 Å². The van der Waals surface area contributed by atoms with Crippen molar-refractivity contribution in [1.29, 1.82) is 0 Å². The summed E-state index contributed by atoms with van der Waals surface area (Å²) < 4.78 is 12.7. The van der Waals surface area contributed by atoms with Gasteiger partial charge in [-0.25, -0.2) is 4.98 Å². The Hall–Kier alpha value is -2.79. The molecule has 1 atom stereocenters. The molecule has 0 spiro atoms. The molecule has 1 heterocycles. The van der Waals surface area contributed by atoms with Gasteiger partial charge in [0.2, 0.25) is 0 Å². The van der Waals surface area contributed by atoms with E-state index >= 15 is 0 Å². The second-order valence-electron chi connectivity index (χ2n) is 5.84. The van der Waals surface area contributed by atoms with Crippen molar-refractivity contribution < 1.29 is 9.47 Å². The van der Waals surface area contributed by atoms with E-state index < -0.39 is 0 Å². The Bertz CT molecular complexity index is 798. The van der Waals surface area contributed by atoms with Gasteiger partial charge in [0, 0.05) is 42.3 Å². The van der Waals surface area contributed by atoms with Crippen LogP contribution in [0.15, 0.2) is 61.2 Å². The number of hydrogen-bond acceptors (Lipinski definition) is 4. The second kappa shape index (κ2) is 7.85. The molecule has 1 aromatic heterocycles. The minimum absolute atomic E-state index is 0.226. The molecular formula is C20H23N3O2. The minimum Gasteiger partial charge on any atom is -0.497 e. The standard InChI is InChI=1S/C20H23N3O2/c1-15(16-4-7-18(8-5-16)23-11-10-21-14-23)22-13-17-6-9-19(24-2)12-20(17)25-3/h4-12,14-15,22H,13H2,1-3H3. The first kappa shape index (κ1) is 17.0. The van der Waals surface area contributed by atoms with Gasteiger partial charge < -0.3 is 19.4 Å². The predicted octanol–water partition coefficient (Wildman–Crippen LogP) is 3.74. The summed E-state index contributed by atoms with van der Waals surface area (Å²) in [6.45, 7) is 2.87. The molecule has 5 heteroatoms. The van der Waals surface area contributed by atoms with E-state index in [4.69, 9.17) is 9.47 Å². The fourth-order valence-corrected chi connectivity index (χ4v) is 2.73. The van der Waals surface area contributed by atoms with E-state index in [9.17, 15) is 0 Å². The van der Waals surface area contributed by atoms with Crippen LogP contribution >= 0.6 is 0 Å². The Balaban J connectivity index is 1.65. The fourth-order valence-electron chi connectivity index (χ4n) is 2.73. The molecule has 3 aromatic rings. The molecular weight excluding hydrogens is 314 g/mol. The van der Waals surface area contributed by atoms with Crippen LogP contribution in [0.2, 0.25) is 0 Å². The van der Waals surface area contributed by atoms with Crippen molar-refractivity contribution in [3.05, 3.63) is 72.3 Å². The zero-order chi connectivity index (χ0) is 17.6. The van der Waals surface area contributed by atoms with Crippen LogP contribution in [0.1, 0.15) is 24.1 Å². The van der Waals surface area contributed by atoms with Crippen molar-refractivity contribution in [2.45, 2.75) is 19.5 Å². The Morgan fingerprint density at radius 3 is 2.52 bits per heavy atom. The van der Waals surface area contributed by atoms with E-state index in [0.29, 0.717) is 0 Å². The Labute approximate surface area is 148 Å². The van der Waals surface area contributed by atoms with Crippen LogP contribution in [0.3, 0.4) is 0 Å². The highest BCUT2D eigenvalue weighted by atomic mass is 16.5. The number of aromatic nitrogens is 2. The summed E-state index contributed by atoms with van der Waals surface area (Å²) in [4.78, 5) is 4.08. The maximum Gasteiger partial charge on any atom is 0.127 e. The summed E-state index contributed by atoms with van der Waals surface area (Å²) >= 11 is 0. The second-order valence-corrected chi connectivity index (χ2v) is 5.84. The van der Waals surface area contributed by atoms with Gasteiger partial charge in [-0.05, 0) is 30.7 Å². The molecule has 2 aromatic carbocycles. The van der Waals surface area contributed by atoms with Crippen molar-refractivity contribution in [3.8, 4) is 17.2 Å². The average molecular weight is 337 g/mol. The van der Waals surface area contributed by atoms with Gasteiger partial charge in [-0.15, -0.1) is 0 Å². The van der Waals surface area contributed by atoms with Gasteiger partial charge in [-0.1, -0.05) is 18.2 Å². The van der Waals surface area contributed by atoms with E-state index in [1.54, 1.807) is 26.7 Å². The average Bonchev–Trinajstić information content (AvgIpc) is 3.20. The maximum absolute atomic E-state index is 5.45. The van der Waals surface area contributed by atoms with Crippen molar-refractivity contribution in [2.75, 3.05) is 14.2 Å². The van der Waals surface area contributed by atoms with E-state index in [1.807, 2.05) is 29.0 Å². The first-order valence-corrected chi connectivity index (χ1v) is 8.24. The fraction of sp³-hybridized carbons (Fsp3) is 0.250.